The van der Waals surface area contributed by atoms with Gasteiger partial charge in [-0.15, -0.1) is 0 Å². The second-order valence-electron chi connectivity index (χ2n) is 9.42. The van der Waals surface area contributed by atoms with Crippen molar-refractivity contribution in [3.8, 4) is 0 Å². The number of amides is 1. The molecule has 2 aromatic carbocycles. The van der Waals surface area contributed by atoms with Crippen LogP contribution >= 0.6 is 34.8 Å². The molecule has 0 bridgehead atoms. The van der Waals surface area contributed by atoms with Crippen LogP contribution in [0.1, 0.15) is 39.9 Å². The van der Waals surface area contributed by atoms with Crippen molar-refractivity contribution in [1.29, 1.82) is 0 Å². The van der Waals surface area contributed by atoms with Crippen molar-refractivity contribution in [1.82, 2.24) is 9.88 Å². The predicted octanol–water partition coefficient (Wildman–Crippen LogP) is 6.97. The van der Waals surface area contributed by atoms with Crippen LogP contribution in [-0.2, 0) is 5.41 Å². The van der Waals surface area contributed by atoms with Gasteiger partial charge in [0.2, 0.25) is 0 Å². The lowest BCUT2D eigenvalue weighted by Gasteiger charge is -2.39. The molecule has 3 aromatic rings. The molecule has 5 rings (SSSR count). The molecule has 1 amide bonds. The van der Waals surface area contributed by atoms with Crippen molar-refractivity contribution in [2.45, 2.75) is 25.2 Å². The highest BCUT2D eigenvalue weighted by Gasteiger charge is 2.46. The van der Waals surface area contributed by atoms with Gasteiger partial charge in [-0.05, 0) is 74.3 Å². The molecule has 0 unspecified atom stereocenters. The van der Waals surface area contributed by atoms with Gasteiger partial charge < -0.3 is 4.90 Å². The molecule has 0 atom stereocenters. The summed E-state index contributed by atoms with van der Waals surface area (Å²) in [7, 11) is 0. The number of hydrogen-bond donors (Lipinski definition) is 0. The third kappa shape index (κ3) is 4.99. The topological polar surface area (TPSA) is 36.4 Å². The fourth-order valence-corrected chi connectivity index (χ4v) is 5.69. The first-order valence-electron chi connectivity index (χ1n) is 11.7. The number of hydrogen-bond acceptors (Lipinski definition) is 3. The molecule has 0 N–H and O–H groups in total. The molecule has 1 aromatic heterocycles. The average Bonchev–Trinajstić information content (AvgIpc) is 3.16. The summed E-state index contributed by atoms with van der Waals surface area (Å²) >= 11 is 19.0. The molecule has 7 heteroatoms. The van der Waals surface area contributed by atoms with Crippen molar-refractivity contribution in [3.63, 3.8) is 0 Å². The summed E-state index contributed by atoms with van der Waals surface area (Å²) < 4.78 is 0. The molecule has 4 nitrogen and oxygen atoms in total. The lowest BCUT2D eigenvalue weighted by molar-refractivity contribution is 0.0977. The van der Waals surface area contributed by atoms with Gasteiger partial charge in [0.15, 0.2) is 0 Å². The summed E-state index contributed by atoms with van der Waals surface area (Å²) in [5.41, 5.74) is 4.77. The van der Waals surface area contributed by atoms with Crippen LogP contribution in [-0.4, -0.2) is 42.0 Å². The Morgan fingerprint density at radius 3 is 2.49 bits per heavy atom. The Kier molecular flexibility index (Phi) is 6.91. The van der Waals surface area contributed by atoms with E-state index in [0.29, 0.717) is 22.3 Å². The fourth-order valence-electron chi connectivity index (χ4n) is 5.14. The molecule has 2 aliphatic heterocycles. The summed E-state index contributed by atoms with van der Waals surface area (Å²) in [5.74, 6) is -0.0648. The van der Waals surface area contributed by atoms with E-state index in [1.165, 1.54) is 5.56 Å². The number of aryl methyl sites for hydroxylation is 1. The zero-order valence-corrected chi connectivity index (χ0v) is 21.7. The van der Waals surface area contributed by atoms with Crippen molar-refractivity contribution in [2.75, 3.05) is 31.1 Å². The predicted molar refractivity (Wildman–Crippen MR) is 145 cm³/mol. The molecule has 0 aliphatic carbocycles. The minimum absolute atomic E-state index is 0.0648. The van der Waals surface area contributed by atoms with Crippen LogP contribution in [0.25, 0.3) is 5.03 Å². The van der Waals surface area contributed by atoms with Crippen molar-refractivity contribution < 1.29 is 4.79 Å². The van der Waals surface area contributed by atoms with Gasteiger partial charge in [0.1, 0.15) is 5.15 Å². The monoisotopic (exact) mass is 525 g/mol. The van der Waals surface area contributed by atoms with Gasteiger partial charge in [-0.2, -0.15) is 0 Å². The van der Waals surface area contributed by atoms with Gasteiger partial charge in [-0.1, -0.05) is 70.7 Å². The summed E-state index contributed by atoms with van der Waals surface area (Å²) in [4.78, 5) is 21.7. The van der Waals surface area contributed by atoms with Gasteiger partial charge in [-0.25, -0.2) is 4.98 Å². The highest BCUT2D eigenvalue weighted by atomic mass is 35.5. The number of nitrogens with zero attached hydrogens (tertiary/aromatic N) is 3. The van der Waals surface area contributed by atoms with Crippen molar-refractivity contribution in [2.24, 2.45) is 0 Å². The van der Waals surface area contributed by atoms with Crippen LogP contribution in [0.3, 0.4) is 0 Å². The summed E-state index contributed by atoms with van der Waals surface area (Å²) in [6, 6.07) is 17.4. The quantitative estimate of drug-likeness (QED) is 0.344. The molecule has 35 heavy (non-hydrogen) atoms. The Morgan fingerprint density at radius 1 is 1.03 bits per heavy atom. The third-order valence-corrected chi connectivity index (χ3v) is 7.98. The number of pyridine rings is 1. The SMILES string of the molecule is Cc1ccc(/C(Cl)=C/CN2CCC3(CC2)CN(C(=O)c2ccnc(Cl)c2)c2ccc(Cl)cc23)cc1. The third-order valence-electron chi connectivity index (χ3n) is 7.17. The summed E-state index contributed by atoms with van der Waals surface area (Å²) in [6.45, 7) is 5.34. The molecular weight excluding hydrogens is 501 g/mol. The molecular formula is C28H26Cl3N3O. The summed E-state index contributed by atoms with van der Waals surface area (Å²) in [6.07, 6.45) is 5.54. The van der Waals surface area contributed by atoms with Crippen LogP contribution in [0.4, 0.5) is 5.69 Å². The lowest BCUT2D eigenvalue weighted by atomic mass is 9.74. The maximum atomic E-state index is 13.4. The Hall–Kier alpha value is -2.37. The van der Waals surface area contributed by atoms with E-state index in [4.69, 9.17) is 34.8 Å². The van der Waals surface area contributed by atoms with Gasteiger partial charge in [0.05, 0.1) is 0 Å². The Labute approximate surface area is 221 Å². The number of anilines is 1. The average molecular weight is 527 g/mol. The maximum Gasteiger partial charge on any atom is 0.258 e. The number of halogens is 3. The first-order valence-corrected chi connectivity index (χ1v) is 12.9. The highest BCUT2D eigenvalue weighted by Crippen LogP contribution is 2.48. The van der Waals surface area contributed by atoms with E-state index in [9.17, 15) is 4.79 Å². The normalized spacial score (nSPS) is 17.6. The minimum Gasteiger partial charge on any atom is -0.307 e. The van der Waals surface area contributed by atoms with E-state index in [2.05, 4.69) is 47.1 Å². The first kappa shape index (κ1) is 24.3. The number of piperidine rings is 1. The van der Waals surface area contributed by atoms with Crippen LogP contribution in [0.2, 0.25) is 10.2 Å². The molecule has 2 aliphatic rings. The van der Waals surface area contributed by atoms with Crippen LogP contribution in [0.5, 0.6) is 0 Å². The summed E-state index contributed by atoms with van der Waals surface area (Å²) in [5, 5.41) is 1.78. The Balaban J connectivity index is 1.33. The number of carbonyl (C=O) groups excluding carboxylic acids is 1. The van der Waals surface area contributed by atoms with Gasteiger partial charge in [0.25, 0.3) is 5.91 Å². The van der Waals surface area contributed by atoms with Crippen molar-refractivity contribution in [3.05, 3.63) is 99.3 Å². The molecule has 3 heterocycles. The maximum absolute atomic E-state index is 13.4. The zero-order valence-electron chi connectivity index (χ0n) is 19.5. The number of rotatable bonds is 4. The fraction of sp³-hybridized carbons (Fsp3) is 0.286. The number of fused-ring (bicyclic) bond motifs is 2. The number of carbonyl (C=O) groups is 1. The van der Waals surface area contributed by atoms with E-state index < -0.39 is 0 Å². The largest absolute Gasteiger partial charge is 0.307 e. The smallest absolute Gasteiger partial charge is 0.258 e. The van der Waals surface area contributed by atoms with Crippen LogP contribution < -0.4 is 4.90 Å². The zero-order chi connectivity index (χ0) is 24.6. The van der Waals surface area contributed by atoms with Gasteiger partial charge in [0, 0.05) is 46.0 Å². The second kappa shape index (κ2) is 9.94. The van der Waals surface area contributed by atoms with Crippen LogP contribution in [0, 0.1) is 6.92 Å². The van der Waals surface area contributed by atoms with Crippen LogP contribution in [0.15, 0.2) is 66.9 Å². The standard InChI is InChI=1S/C28H26Cl3N3O/c1-19-2-4-20(5-3-19)24(30)9-13-33-14-10-28(11-15-33)18-34(25-7-6-22(29)17-23(25)28)27(35)21-8-12-32-26(31)16-21/h2-9,12,16-17H,10-11,13-15,18H2,1H3/b24-9-. The molecule has 180 valence electrons. The van der Waals surface area contributed by atoms with Crippen molar-refractivity contribution >= 4 is 51.4 Å². The second-order valence-corrected chi connectivity index (χ2v) is 10.6. The lowest BCUT2D eigenvalue weighted by Crippen LogP contribution is -2.46. The highest BCUT2D eigenvalue weighted by molar-refractivity contribution is 6.48. The van der Waals surface area contributed by atoms with E-state index in [1.807, 2.05) is 23.1 Å². The molecule has 0 radical (unpaired) electrons. The van der Waals surface area contributed by atoms with Gasteiger partial charge >= 0.3 is 0 Å². The Morgan fingerprint density at radius 2 is 1.77 bits per heavy atom. The van der Waals surface area contributed by atoms with E-state index in [-0.39, 0.29) is 11.3 Å². The first-order chi connectivity index (χ1) is 16.8. The number of likely N-dealkylation sites (tertiary alicyclic amines) is 1. The van der Waals surface area contributed by atoms with E-state index >= 15 is 0 Å². The van der Waals surface area contributed by atoms with E-state index in [1.54, 1.807) is 18.3 Å². The number of benzene rings is 2. The Bertz CT molecular complexity index is 1280. The number of aromatic nitrogens is 1. The molecule has 1 saturated heterocycles. The van der Waals surface area contributed by atoms with E-state index in [0.717, 1.165) is 54.3 Å². The minimum atomic E-state index is -0.117. The molecule has 1 spiro atoms. The molecule has 0 saturated carbocycles. The van der Waals surface area contributed by atoms with Gasteiger partial charge in [-0.3, -0.25) is 9.69 Å². The molecule has 1 fully saturated rings.